The number of nitrogens with zero attached hydrogens (tertiary/aromatic N) is 5. The minimum Gasteiger partial charge on any atom is -0.347 e. The predicted octanol–water partition coefficient (Wildman–Crippen LogP) is 2.12. The van der Waals surface area contributed by atoms with Gasteiger partial charge in [0, 0.05) is 49.9 Å². The van der Waals surface area contributed by atoms with Gasteiger partial charge in [-0.05, 0) is 30.5 Å². The molecule has 4 amide bonds. The quantitative estimate of drug-likeness (QED) is 0.692. The van der Waals surface area contributed by atoms with Crippen LogP contribution in [0.25, 0.3) is 11.1 Å². The van der Waals surface area contributed by atoms with Gasteiger partial charge in [-0.2, -0.15) is 0 Å². The Morgan fingerprint density at radius 1 is 1.25 bits per heavy atom. The van der Waals surface area contributed by atoms with E-state index in [9.17, 15) is 14.4 Å². The minimum atomic E-state index is -0.520. The first kappa shape index (κ1) is 22.0. The van der Waals surface area contributed by atoms with Crippen LogP contribution in [0.15, 0.2) is 30.5 Å². The van der Waals surface area contributed by atoms with Crippen LogP contribution in [0.4, 0.5) is 10.7 Å². The fourth-order valence-corrected chi connectivity index (χ4v) is 4.17. The van der Waals surface area contributed by atoms with E-state index in [1.54, 1.807) is 4.90 Å². The molecule has 4 rings (SSSR count). The van der Waals surface area contributed by atoms with Gasteiger partial charge in [0.25, 0.3) is 5.91 Å². The average molecular weight is 457 g/mol. The Kier molecular flexibility index (Phi) is 6.27. The van der Waals surface area contributed by atoms with Gasteiger partial charge < -0.3 is 15.1 Å². The van der Waals surface area contributed by atoms with Crippen molar-refractivity contribution in [3.05, 3.63) is 41.2 Å². The zero-order valence-electron chi connectivity index (χ0n) is 18.0. The lowest BCUT2D eigenvalue weighted by Crippen LogP contribution is -2.46. The fraction of sp³-hybridized carbons (Fsp3) is 0.409. The molecule has 10 heteroatoms. The third-order valence-corrected chi connectivity index (χ3v) is 6.00. The number of likely N-dealkylation sites (tertiary alicyclic amines) is 1. The summed E-state index contributed by atoms with van der Waals surface area (Å²) in [5, 5.41) is 3.09. The van der Waals surface area contributed by atoms with E-state index in [0.29, 0.717) is 24.1 Å². The number of aromatic nitrogens is 2. The summed E-state index contributed by atoms with van der Waals surface area (Å²) in [7, 11) is 3.77. The van der Waals surface area contributed by atoms with Crippen molar-refractivity contribution in [2.24, 2.45) is 0 Å². The summed E-state index contributed by atoms with van der Waals surface area (Å²) < 4.78 is 0. The molecule has 2 aliphatic rings. The van der Waals surface area contributed by atoms with Gasteiger partial charge >= 0.3 is 6.03 Å². The maximum absolute atomic E-state index is 12.9. The van der Waals surface area contributed by atoms with E-state index in [1.165, 1.54) is 0 Å². The molecule has 0 saturated carbocycles. The van der Waals surface area contributed by atoms with Crippen LogP contribution in [0, 0.1) is 0 Å². The molecule has 0 aliphatic carbocycles. The van der Waals surface area contributed by atoms with Crippen LogP contribution < -0.4 is 10.2 Å². The maximum atomic E-state index is 12.9. The van der Waals surface area contributed by atoms with Gasteiger partial charge in [-0.3, -0.25) is 14.5 Å². The lowest BCUT2D eigenvalue weighted by molar-refractivity contribution is -0.137. The Balaban J connectivity index is 1.59. The highest BCUT2D eigenvalue weighted by Gasteiger charge is 2.34. The SMILES string of the molecule is CN(C)c1ncc(-c2ccc(Cl)cc2)c([C@@H]2CCCN(C(=O)CN3C(=O)CNC3=O)C2)n1. The molecule has 1 atom stereocenters. The molecule has 2 aromatic rings. The third-order valence-electron chi connectivity index (χ3n) is 5.75. The molecule has 168 valence electrons. The molecular formula is C22H25ClN6O3. The summed E-state index contributed by atoms with van der Waals surface area (Å²) >= 11 is 6.06. The van der Waals surface area contributed by atoms with Crippen LogP contribution >= 0.6 is 11.6 Å². The van der Waals surface area contributed by atoms with Gasteiger partial charge in [0.05, 0.1) is 12.2 Å². The van der Waals surface area contributed by atoms with Crippen molar-refractivity contribution in [3.63, 3.8) is 0 Å². The van der Waals surface area contributed by atoms with Crippen molar-refractivity contribution in [1.82, 2.24) is 25.1 Å². The fourth-order valence-electron chi connectivity index (χ4n) is 4.04. The molecule has 0 spiro atoms. The largest absolute Gasteiger partial charge is 0.347 e. The zero-order valence-corrected chi connectivity index (χ0v) is 18.8. The first-order valence-electron chi connectivity index (χ1n) is 10.5. The summed E-state index contributed by atoms with van der Waals surface area (Å²) in [6.07, 6.45) is 3.49. The number of urea groups is 1. The Labute approximate surface area is 191 Å². The number of halogens is 1. The highest BCUT2D eigenvalue weighted by atomic mass is 35.5. The Morgan fingerprint density at radius 2 is 2.00 bits per heavy atom. The summed E-state index contributed by atoms with van der Waals surface area (Å²) in [5.41, 5.74) is 2.73. The van der Waals surface area contributed by atoms with Gasteiger partial charge in [-0.25, -0.2) is 14.8 Å². The first-order chi connectivity index (χ1) is 15.3. The Bertz CT molecular complexity index is 1030. The van der Waals surface area contributed by atoms with Crippen molar-refractivity contribution >= 4 is 35.4 Å². The normalized spacial score (nSPS) is 18.7. The molecule has 2 fully saturated rings. The number of hydrogen-bond donors (Lipinski definition) is 1. The van der Waals surface area contributed by atoms with Crippen molar-refractivity contribution in [2.45, 2.75) is 18.8 Å². The Morgan fingerprint density at radius 3 is 2.66 bits per heavy atom. The number of hydrogen-bond acceptors (Lipinski definition) is 6. The molecule has 9 nitrogen and oxygen atoms in total. The average Bonchev–Trinajstić information content (AvgIpc) is 3.11. The third kappa shape index (κ3) is 4.52. The number of benzene rings is 1. The van der Waals surface area contributed by atoms with Crippen LogP contribution in [0.2, 0.25) is 5.02 Å². The van der Waals surface area contributed by atoms with Gasteiger partial charge in [0.2, 0.25) is 11.9 Å². The number of amides is 4. The maximum Gasteiger partial charge on any atom is 0.325 e. The minimum absolute atomic E-state index is 0.00295. The number of piperidine rings is 1. The molecule has 2 aliphatic heterocycles. The van der Waals surface area contributed by atoms with Gasteiger partial charge in [-0.1, -0.05) is 23.7 Å². The van der Waals surface area contributed by atoms with Gasteiger partial charge in [0.1, 0.15) is 6.54 Å². The summed E-state index contributed by atoms with van der Waals surface area (Å²) in [6, 6.07) is 7.00. The second kappa shape index (κ2) is 9.12. The first-order valence-corrected chi connectivity index (χ1v) is 10.9. The number of anilines is 1. The molecule has 0 bridgehead atoms. The monoisotopic (exact) mass is 456 g/mol. The van der Waals surface area contributed by atoms with Crippen LogP contribution in [0.1, 0.15) is 24.5 Å². The highest BCUT2D eigenvalue weighted by molar-refractivity contribution is 6.30. The van der Waals surface area contributed by atoms with E-state index in [-0.39, 0.29) is 30.8 Å². The van der Waals surface area contributed by atoms with Gasteiger partial charge in [-0.15, -0.1) is 0 Å². The zero-order chi connectivity index (χ0) is 22.8. The summed E-state index contributed by atoms with van der Waals surface area (Å²) in [5.74, 6) is -0.0212. The molecule has 32 heavy (non-hydrogen) atoms. The molecule has 0 unspecified atom stereocenters. The van der Waals surface area contributed by atoms with E-state index in [0.717, 1.165) is 34.6 Å². The van der Waals surface area contributed by atoms with Crippen LogP contribution in [-0.2, 0) is 9.59 Å². The van der Waals surface area contributed by atoms with Crippen molar-refractivity contribution in [3.8, 4) is 11.1 Å². The van der Waals surface area contributed by atoms with Crippen molar-refractivity contribution < 1.29 is 14.4 Å². The smallest absolute Gasteiger partial charge is 0.325 e. The topological polar surface area (TPSA) is 98.7 Å². The van der Waals surface area contributed by atoms with Crippen molar-refractivity contribution in [1.29, 1.82) is 0 Å². The van der Waals surface area contributed by atoms with E-state index in [4.69, 9.17) is 16.6 Å². The number of rotatable bonds is 5. The number of nitrogens with one attached hydrogen (secondary N) is 1. The molecule has 1 aromatic carbocycles. The van der Waals surface area contributed by atoms with E-state index in [2.05, 4.69) is 10.3 Å². The summed E-state index contributed by atoms with van der Waals surface area (Å²) in [4.78, 5) is 50.4. The van der Waals surface area contributed by atoms with E-state index >= 15 is 0 Å². The second-order valence-corrected chi connectivity index (χ2v) is 8.62. The molecule has 1 aromatic heterocycles. The highest BCUT2D eigenvalue weighted by Crippen LogP contribution is 2.34. The Hall–Kier alpha value is -3.20. The van der Waals surface area contributed by atoms with E-state index < -0.39 is 6.03 Å². The standard InChI is InChI=1S/C22H25ClN6O3/c1-27(2)21-24-10-17(14-5-7-16(23)8-6-14)20(26-21)15-4-3-9-28(12-15)19(31)13-29-18(30)11-25-22(29)32/h5-8,10,15H,3-4,9,11-13H2,1-2H3,(H,25,32)/t15-/m1/s1. The summed E-state index contributed by atoms with van der Waals surface area (Å²) in [6.45, 7) is 0.745. The second-order valence-electron chi connectivity index (χ2n) is 8.19. The van der Waals surface area contributed by atoms with E-state index in [1.807, 2.05) is 49.5 Å². The molecule has 2 saturated heterocycles. The molecule has 0 radical (unpaired) electrons. The molecule has 1 N–H and O–H groups in total. The van der Waals surface area contributed by atoms with Crippen LogP contribution in [-0.4, -0.2) is 77.9 Å². The van der Waals surface area contributed by atoms with Gasteiger partial charge in [0.15, 0.2) is 0 Å². The lowest BCUT2D eigenvalue weighted by atomic mass is 9.90. The lowest BCUT2D eigenvalue weighted by Gasteiger charge is -2.34. The number of imide groups is 1. The number of carbonyl (C=O) groups excluding carboxylic acids is 3. The molecule has 3 heterocycles. The van der Waals surface area contributed by atoms with Crippen molar-refractivity contribution in [2.75, 3.05) is 45.2 Å². The predicted molar refractivity (Wildman–Crippen MR) is 120 cm³/mol. The number of carbonyl (C=O) groups is 3. The van der Waals surface area contributed by atoms with Crippen LogP contribution in [0.5, 0.6) is 0 Å². The van der Waals surface area contributed by atoms with Crippen LogP contribution in [0.3, 0.4) is 0 Å². The molecular weight excluding hydrogens is 432 g/mol.